The highest BCUT2D eigenvalue weighted by atomic mass is 79.9. The highest BCUT2D eigenvalue weighted by molar-refractivity contribution is 9.08. The molecule has 2 rings (SSSR count). The van der Waals surface area contributed by atoms with Crippen molar-refractivity contribution in [1.29, 1.82) is 0 Å². The maximum absolute atomic E-state index is 13.5. The lowest BCUT2D eigenvalue weighted by molar-refractivity contribution is 0.386. The van der Waals surface area contributed by atoms with Crippen LogP contribution >= 0.6 is 15.9 Å². The number of benzene rings is 1. The predicted molar refractivity (Wildman–Crippen MR) is 66.6 cm³/mol. The molecule has 3 nitrogen and oxygen atoms in total. The summed E-state index contributed by atoms with van der Waals surface area (Å²) in [6.45, 7) is 0. The number of halogens is 2. The average molecular weight is 297 g/mol. The van der Waals surface area contributed by atoms with Crippen LogP contribution < -0.4 is 4.74 Å². The molecule has 0 atom stereocenters. The summed E-state index contributed by atoms with van der Waals surface area (Å²) in [6.07, 6.45) is 1.65. The Kier molecular flexibility index (Phi) is 3.68. The van der Waals surface area contributed by atoms with E-state index in [0.29, 0.717) is 16.7 Å². The maximum Gasteiger partial charge on any atom is 0.165 e. The zero-order valence-electron chi connectivity index (χ0n) is 9.15. The first kappa shape index (κ1) is 12.0. The van der Waals surface area contributed by atoms with Crippen LogP contribution in [0.5, 0.6) is 5.75 Å². The standard InChI is InChI=1S/C12H10BrFN2O/c1-17-11-3-2-8(6-10(11)14)12-15-5-4-9(7-13)16-12/h2-6H,7H2,1H3. The number of hydrogen-bond donors (Lipinski definition) is 0. The second-order valence-corrected chi connectivity index (χ2v) is 3.92. The van der Waals surface area contributed by atoms with Gasteiger partial charge in [0.25, 0.3) is 0 Å². The fourth-order valence-electron chi connectivity index (χ4n) is 1.42. The number of hydrogen-bond acceptors (Lipinski definition) is 3. The van der Waals surface area contributed by atoms with Gasteiger partial charge in [-0.15, -0.1) is 0 Å². The molecular formula is C12H10BrFN2O. The summed E-state index contributed by atoms with van der Waals surface area (Å²) in [6, 6.07) is 6.47. The molecule has 17 heavy (non-hydrogen) atoms. The van der Waals surface area contributed by atoms with E-state index < -0.39 is 5.82 Å². The summed E-state index contributed by atoms with van der Waals surface area (Å²) >= 11 is 3.32. The van der Waals surface area contributed by atoms with Crippen LogP contribution in [0, 0.1) is 5.82 Å². The molecule has 0 bridgehead atoms. The van der Waals surface area contributed by atoms with Gasteiger partial charge < -0.3 is 4.74 Å². The lowest BCUT2D eigenvalue weighted by Gasteiger charge is -2.05. The third kappa shape index (κ3) is 2.61. The molecule has 0 unspecified atom stereocenters. The van der Waals surface area contributed by atoms with E-state index in [1.807, 2.05) is 0 Å². The molecule has 88 valence electrons. The van der Waals surface area contributed by atoms with E-state index in [1.54, 1.807) is 24.4 Å². The molecule has 0 radical (unpaired) electrons. The van der Waals surface area contributed by atoms with Crippen molar-refractivity contribution in [3.05, 3.63) is 42.0 Å². The van der Waals surface area contributed by atoms with E-state index in [1.165, 1.54) is 13.2 Å². The Bertz CT molecular complexity index is 534. The van der Waals surface area contributed by atoms with Gasteiger partial charge in [0.15, 0.2) is 17.4 Å². The van der Waals surface area contributed by atoms with Crippen LogP contribution in [-0.2, 0) is 5.33 Å². The lowest BCUT2D eigenvalue weighted by atomic mass is 10.2. The average Bonchev–Trinajstić information content (AvgIpc) is 2.38. The number of nitrogens with zero attached hydrogens (tertiary/aromatic N) is 2. The van der Waals surface area contributed by atoms with Gasteiger partial charge in [0.05, 0.1) is 12.8 Å². The molecule has 0 saturated carbocycles. The Morgan fingerprint density at radius 3 is 2.82 bits per heavy atom. The maximum atomic E-state index is 13.5. The topological polar surface area (TPSA) is 35.0 Å². The van der Waals surface area contributed by atoms with Gasteiger partial charge in [0.1, 0.15) is 0 Å². The summed E-state index contributed by atoms with van der Waals surface area (Å²) in [4.78, 5) is 8.41. The molecule has 5 heteroatoms. The van der Waals surface area contributed by atoms with Gasteiger partial charge in [0, 0.05) is 17.1 Å². The largest absolute Gasteiger partial charge is 0.494 e. The first-order chi connectivity index (χ1) is 8.24. The van der Waals surface area contributed by atoms with E-state index in [0.717, 1.165) is 5.69 Å². The van der Waals surface area contributed by atoms with Crippen LogP contribution in [0.15, 0.2) is 30.5 Å². The molecule has 0 aliphatic heterocycles. The SMILES string of the molecule is COc1ccc(-c2nccc(CBr)n2)cc1F. The van der Waals surface area contributed by atoms with Crippen LogP contribution in [0.4, 0.5) is 4.39 Å². The molecule has 0 fully saturated rings. The van der Waals surface area contributed by atoms with Crippen molar-refractivity contribution in [2.45, 2.75) is 5.33 Å². The Labute approximate surface area is 107 Å². The van der Waals surface area contributed by atoms with Gasteiger partial charge in [-0.1, -0.05) is 15.9 Å². The van der Waals surface area contributed by atoms with Crippen molar-refractivity contribution in [2.24, 2.45) is 0 Å². The molecule has 0 spiro atoms. The first-order valence-electron chi connectivity index (χ1n) is 4.96. The minimum atomic E-state index is -0.419. The number of ether oxygens (including phenoxy) is 1. The molecule has 1 aromatic carbocycles. The minimum absolute atomic E-state index is 0.213. The number of aromatic nitrogens is 2. The van der Waals surface area contributed by atoms with Crippen LogP contribution in [0.3, 0.4) is 0 Å². The molecule has 0 aliphatic carbocycles. The van der Waals surface area contributed by atoms with Gasteiger partial charge >= 0.3 is 0 Å². The van der Waals surface area contributed by atoms with E-state index in [-0.39, 0.29) is 5.75 Å². The third-order valence-electron chi connectivity index (χ3n) is 2.26. The quantitative estimate of drug-likeness (QED) is 0.816. The zero-order valence-corrected chi connectivity index (χ0v) is 10.7. The molecule has 2 aromatic rings. The Hall–Kier alpha value is -1.49. The normalized spacial score (nSPS) is 10.3. The number of alkyl halides is 1. The van der Waals surface area contributed by atoms with Crippen LogP contribution in [0.2, 0.25) is 0 Å². The van der Waals surface area contributed by atoms with Crippen molar-refractivity contribution in [3.63, 3.8) is 0 Å². The molecule has 0 N–H and O–H groups in total. The fourth-order valence-corrected chi connectivity index (χ4v) is 1.73. The summed E-state index contributed by atoms with van der Waals surface area (Å²) in [5.41, 5.74) is 1.48. The van der Waals surface area contributed by atoms with E-state index >= 15 is 0 Å². The smallest absolute Gasteiger partial charge is 0.165 e. The summed E-state index contributed by atoms with van der Waals surface area (Å²) in [7, 11) is 1.43. The Balaban J connectivity index is 2.42. The van der Waals surface area contributed by atoms with Gasteiger partial charge in [-0.3, -0.25) is 0 Å². The summed E-state index contributed by atoms with van der Waals surface area (Å²) in [5.74, 6) is 0.298. The van der Waals surface area contributed by atoms with Crippen LogP contribution in [-0.4, -0.2) is 17.1 Å². The van der Waals surface area contributed by atoms with Crippen molar-refractivity contribution in [2.75, 3.05) is 7.11 Å². The summed E-state index contributed by atoms with van der Waals surface area (Å²) in [5, 5.41) is 0.640. The predicted octanol–water partition coefficient (Wildman–Crippen LogP) is 3.19. The van der Waals surface area contributed by atoms with Crippen molar-refractivity contribution < 1.29 is 9.13 Å². The van der Waals surface area contributed by atoms with E-state index in [9.17, 15) is 4.39 Å². The van der Waals surface area contributed by atoms with Crippen molar-refractivity contribution >= 4 is 15.9 Å². The highest BCUT2D eigenvalue weighted by Gasteiger charge is 2.07. The van der Waals surface area contributed by atoms with Crippen LogP contribution in [0.25, 0.3) is 11.4 Å². The fraction of sp³-hybridized carbons (Fsp3) is 0.167. The van der Waals surface area contributed by atoms with Gasteiger partial charge in [0.2, 0.25) is 0 Å². The molecular weight excluding hydrogens is 287 g/mol. The molecule has 0 saturated heterocycles. The van der Waals surface area contributed by atoms with Crippen molar-refractivity contribution in [1.82, 2.24) is 9.97 Å². The molecule has 1 aromatic heterocycles. The number of rotatable bonds is 3. The monoisotopic (exact) mass is 296 g/mol. The first-order valence-corrected chi connectivity index (χ1v) is 6.08. The third-order valence-corrected chi connectivity index (χ3v) is 2.83. The number of methoxy groups -OCH3 is 1. The minimum Gasteiger partial charge on any atom is -0.494 e. The Morgan fingerprint density at radius 2 is 2.18 bits per heavy atom. The lowest BCUT2D eigenvalue weighted by Crippen LogP contribution is -1.94. The second kappa shape index (κ2) is 5.23. The van der Waals surface area contributed by atoms with E-state index in [2.05, 4.69) is 25.9 Å². The Morgan fingerprint density at radius 1 is 1.35 bits per heavy atom. The molecule has 0 amide bonds. The molecule has 0 aliphatic rings. The van der Waals surface area contributed by atoms with Gasteiger partial charge in [-0.05, 0) is 24.3 Å². The van der Waals surface area contributed by atoms with E-state index in [4.69, 9.17) is 4.74 Å². The zero-order chi connectivity index (χ0) is 12.3. The van der Waals surface area contributed by atoms with Crippen LogP contribution in [0.1, 0.15) is 5.69 Å². The van der Waals surface area contributed by atoms with Crippen molar-refractivity contribution in [3.8, 4) is 17.1 Å². The van der Waals surface area contributed by atoms with Gasteiger partial charge in [-0.2, -0.15) is 0 Å². The second-order valence-electron chi connectivity index (χ2n) is 3.35. The molecule has 1 heterocycles. The highest BCUT2D eigenvalue weighted by Crippen LogP contribution is 2.23. The summed E-state index contributed by atoms with van der Waals surface area (Å²) < 4.78 is 18.4. The van der Waals surface area contributed by atoms with Gasteiger partial charge in [-0.25, -0.2) is 14.4 Å².